The van der Waals surface area contributed by atoms with Crippen LogP contribution in [-0.4, -0.2) is 44.1 Å². The first kappa shape index (κ1) is 17.1. The van der Waals surface area contributed by atoms with Gasteiger partial charge in [-0.2, -0.15) is 4.31 Å². The molecule has 0 amide bonds. The average molecular weight is 300 g/mol. The Morgan fingerprint density at radius 1 is 1.40 bits per heavy atom. The highest BCUT2D eigenvalue weighted by molar-refractivity contribution is 7.89. The van der Waals surface area contributed by atoms with Crippen molar-refractivity contribution in [1.29, 1.82) is 0 Å². The van der Waals surface area contributed by atoms with Crippen LogP contribution >= 0.6 is 0 Å². The Hall–Kier alpha value is -0.950. The van der Waals surface area contributed by atoms with Crippen LogP contribution in [0.2, 0.25) is 0 Å². The molecule has 1 unspecified atom stereocenters. The first-order valence-corrected chi connectivity index (χ1v) is 7.98. The predicted octanol–water partition coefficient (Wildman–Crippen LogP) is 1.36. The van der Waals surface area contributed by atoms with Gasteiger partial charge < -0.3 is 10.4 Å². The van der Waals surface area contributed by atoms with Crippen LogP contribution in [0.25, 0.3) is 0 Å². The molecule has 1 aromatic carbocycles. The van der Waals surface area contributed by atoms with Gasteiger partial charge in [0.1, 0.15) is 0 Å². The molecule has 0 aliphatic rings. The molecule has 0 saturated carbocycles. The van der Waals surface area contributed by atoms with Crippen LogP contribution in [0.1, 0.15) is 32.4 Å². The summed E-state index contributed by atoms with van der Waals surface area (Å²) >= 11 is 0. The molecular formula is C14H24N2O3S. The second-order valence-corrected chi connectivity index (χ2v) is 7.70. The number of aliphatic hydroxyl groups is 1. The third-order valence-corrected chi connectivity index (χ3v) is 4.91. The average Bonchev–Trinajstić information content (AvgIpc) is 2.36. The molecule has 0 aromatic heterocycles. The Morgan fingerprint density at radius 2 is 2.00 bits per heavy atom. The number of likely N-dealkylation sites (N-methyl/N-ethyl adjacent to an activating group) is 1. The maximum Gasteiger partial charge on any atom is 0.242 e. The summed E-state index contributed by atoms with van der Waals surface area (Å²) in [4.78, 5) is 0.240. The lowest BCUT2D eigenvalue weighted by Gasteiger charge is -2.25. The monoisotopic (exact) mass is 300 g/mol. The largest absolute Gasteiger partial charge is 0.389 e. The number of rotatable bonds is 6. The molecule has 6 heteroatoms. The van der Waals surface area contributed by atoms with E-state index in [1.807, 2.05) is 20.0 Å². The summed E-state index contributed by atoms with van der Waals surface area (Å²) in [7, 11) is -0.292. The third kappa shape index (κ3) is 4.28. The van der Waals surface area contributed by atoms with Crippen LogP contribution in [-0.2, 0) is 10.0 Å². The highest BCUT2D eigenvalue weighted by atomic mass is 32.2. The Labute approximate surface area is 121 Å². The third-order valence-electron chi connectivity index (χ3n) is 3.11. The van der Waals surface area contributed by atoms with Gasteiger partial charge in [0.05, 0.1) is 10.5 Å². The van der Waals surface area contributed by atoms with E-state index in [1.165, 1.54) is 11.4 Å². The fourth-order valence-electron chi connectivity index (χ4n) is 1.92. The summed E-state index contributed by atoms with van der Waals surface area (Å²) in [6.45, 7) is 5.17. The fraction of sp³-hybridized carbons (Fsp3) is 0.571. The van der Waals surface area contributed by atoms with E-state index in [4.69, 9.17) is 0 Å². The minimum atomic E-state index is -3.59. The Kier molecular flexibility index (Phi) is 5.32. The number of nitrogens with zero attached hydrogens (tertiary/aromatic N) is 1. The van der Waals surface area contributed by atoms with Crippen molar-refractivity contribution in [2.24, 2.45) is 0 Å². The Morgan fingerprint density at radius 3 is 2.50 bits per heavy atom. The molecule has 1 aromatic rings. The molecule has 0 saturated heterocycles. The van der Waals surface area contributed by atoms with Gasteiger partial charge in [-0.1, -0.05) is 12.1 Å². The molecule has 0 fully saturated rings. The van der Waals surface area contributed by atoms with Crippen molar-refractivity contribution in [3.63, 3.8) is 0 Å². The summed E-state index contributed by atoms with van der Waals surface area (Å²) in [5.74, 6) is 0. The van der Waals surface area contributed by atoms with Gasteiger partial charge in [0.25, 0.3) is 0 Å². The fourth-order valence-corrected chi connectivity index (χ4v) is 3.30. The molecule has 1 atom stereocenters. The van der Waals surface area contributed by atoms with Crippen molar-refractivity contribution in [2.75, 3.05) is 20.6 Å². The van der Waals surface area contributed by atoms with E-state index < -0.39 is 15.6 Å². The van der Waals surface area contributed by atoms with Crippen molar-refractivity contribution < 1.29 is 13.5 Å². The zero-order chi connectivity index (χ0) is 15.6. The van der Waals surface area contributed by atoms with E-state index in [2.05, 4.69) is 5.32 Å². The zero-order valence-corrected chi connectivity index (χ0v) is 13.5. The van der Waals surface area contributed by atoms with E-state index in [0.717, 1.165) is 5.56 Å². The quantitative estimate of drug-likeness (QED) is 0.832. The lowest BCUT2D eigenvalue weighted by molar-refractivity contribution is 0.0640. The first-order chi connectivity index (χ1) is 9.08. The molecule has 114 valence electrons. The summed E-state index contributed by atoms with van der Waals surface area (Å²) in [5.41, 5.74) is -0.164. The smallest absolute Gasteiger partial charge is 0.242 e. The predicted molar refractivity (Wildman–Crippen MR) is 80.0 cm³/mol. The van der Waals surface area contributed by atoms with Crippen molar-refractivity contribution in [1.82, 2.24) is 9.62 Å². The number of hydrogen-bond acceptors (Lipinski definition) is 4. The SMILES string of the molecule is CNC(C)c1cccc(S(=O)(=O)N(C)CC(C)(C)O)c1. The van der Waals surface area contributed by atoms with Crippen LogP contribution < -0.4 is 5.32 Å². The van der Waals surface area contributed by atoms with Crippen molar-refractivity contribution in [2.45, 2.75) is 37.3 Å². The Bertz CT molecular complexity index is 550. The standard InChI is InChI=1S/C14H24N2O3S/c1-11(15-4)12-7-6-8-13(9-12)20(18,19)16(5)10-14(2,3)17/h6-9,11,15,17H,10H2,1-5H3. The van der Waals surface area contributed by atoms with E-state index in [-0.39, 0.29) is 17.5 Å². The molecule has 20 heavy (non-hydrogen) atoms. The van der Waals surface area contributed by atoms with Crippen LogP contribution in [0.3, 0.4) is 0 Å². The van der Waals surface area contributed by atoms with Crippen LogP contribution in [0.4, 0.5) is 0 Å². The van der Waals surface area contributed by atoms with Gasteiger partial charge in [0, 0.05) is 19.6 Å². The summed E-state index contributed by atoms with van der Waals surface area (Å²) in [6, 6.07) is 6.92. The normalized spacial score (nSPS) is 14.6. The van der Waals surface area contributed by atoms with Gasteiger partial charge in [-0.15, -0.1) is 0 Å². The molecule has 2 N–H and O–H groups in total. The molecule has 1 rings (SSSR count). The minimum Gasteiger partial charge on any atom is -0.389 e. The Balaban J connectivity index is 3.10. The van der Waals surface area contributed by atoms with Crippen LogP contribution in [0.5, 0.6) is 0 Å². The van der Waals surface area contributed by atoms with Gasteiger partial charge in [-0.25, -0.2) is 8.42 Å². The zero-order valence-electron chi connectivity index (χ0n) is 12.7. The van der Waals surface area contributed by atoms with Gasteiger partial charge >= 0.3 is 0 Å². The highest BCUT2D eigenvalue weighted by Crippen LogP contribution is 2.21. The first-order valence-electron chi connectivity index (χ1n) is 6.54. The van der Waals surface area contributed by atoms with E-state index in [1.54, 1.807) is 32.0 Å². The van der Waals surface area contributed by atoms with Crippen LogP contribution in [0.15, 0.2) is 29.2 Å². The number of benzene rings is 1. The second kappa shape index (κ2) is 6.22. The van der Waals surface area contributed by atoms with Crippen molar-refractivity contribution in [3.8, 4) is 0 Å². The van der Waals surface area contributed by atoms with E-state index in [9.17, 15) is 13.5 Å². The van der Waals surface area contributed by atoms with Gasteiger partial charge in [0.15, 0.2) is 0 Å². The highest BCUT2D eigenvalue weighted by Gasteiger charge is 2.26. The van der Waals surface area contributed by atoms with E-state index in [0.29, 0.717) is 0 Å². The molecule has 0 spiro atoms. The molecule has 0 aliphatic carbocycles. The molecule has 0 bridgehead atoms. The summed E-state index contributed by atoms with van der Waals surface area (Å²) in [6.07, 6.45) is 0. The van der Waals surface area contributed by atoms with Crippen molar-refractivity contribution in [3.05, 3.63) is 29.8 Å². The number of nitrogens with one attached hydrogen (secondary N) is 1. The summed E-state index contributed by atoms with van der Waals surface area (Å²) in [5, 5.41) is 12.8. The van der Waals surface area contributed by atoms with Crippen LogP contribution in [0, 0.1) is 0 Å². The molecule has 0 heterocycles. The second-order valence-electron chi connectivity index (χ2n) is 5.66. The lowest BCUT2D eigenvalue weighted by Crippen LogP contribution is -2.39. The van der Waals surface area contributed by atoms with Crippen molar-refractivity contribution >= 4 is 10.0 Å². The molecule has 0 aliphatic heterocycles. The molecule has 0 radical (unpaired) electrons. The maximum atomic E-state index is 12.5. The van der Waals surface area contributed by atoms with Gasteiger partial charge in [-0.05, 0) is 45.5 Å². The number of sulfonamides is 1. The maximum absolute atomic E-state index is 12.5. The van der Waals surface area contributed by atoms with E-state index >= 15 is 0 Å². The van der Waals surface area contributed by atoms with Gasteiger partial charge in [-0.3, -0.25) is 0 Å². The molecule has 5 nitrogen and oxygen atoms in total. The van der Waals surface area contributed by atoms with Gasteiger partial charge in [0.2, 0.25) is 10.0 Å². The molecular weight excluding hydrogens is 276 g/mol. The topological polar surface area (TPSA) is 69.6 Å². The lowest BCUT2D eigenvalue weighted by atomic mass is 10.1. The number of hydrogen-bond donors (Lipinski definition) is 2. The summed E-state index contributed by atoms with van der Waals surface area (Å²) < 4.78 is 26.1. The minimum absolute atomic E-state index is 0.0428.